The van der Waals surface area contributed by atoms with Crippen LogP contribution in [0.1, 0.15) is 21.5 Å². The van der Waals surface area contributed by atoms with Crippen LogP contribution in [0, 0.1) is 0 Å². The molecule has 0 saturated heterocycles. The summed E-state index contributed by atoms with van der Waals surface area (Å²) in [5, 5.41) is 0. The average molecular weight is 417 g/mol. The van der Waals surface area contributed by atoms with Crippen molar-refractivity contribution < 1.29 is 19.1 Å². The average Bonchev–Trinajstić information content (AvgIpc) is 3.26. The molecule has 2 aromatic carbocycles. The van der Waals surface area contributed by atoms with Crippen molar-refractivity contribution in [1.82, 2.24) is 15.4 Å². The molecule has 0 fully saturated rings. The second-order valence-corrected chi connectivity index (χ2v) is 6.76. The first-order chi connectivity index (χ1) is 15.1. The zero-order valence-electron chi connectivity index (χ0n) is 16.4. The number of fused-ring (bicyclic) bond motifs is 1. The van der Waals surface area contributed by atoms with Crippen molar-refractivity contribution in [3.63, 3.8) is 0 Å². The maximum absolute atomic E-state index is 12.4. The fourth-order valence-corrected chi connectivity index (χ4v) is 2.99. The van der Waals surface area contributed by atoms with Crippen molar-refractivity contribution in [2.75, 3.05) is 6.79 Å². The molecule has 1 aliphatic heterocycles. The highest BCUT2D eigenvalue weighted by Gasteiger charge is 2.12. The number of hydrazine groups is 1. The van der Waals surface area contributed by atoms with Crippen LogP contribution in [0.25, 0.3) is 6.08 Å². The van der Waals surface area contributed by atoms with E-state index >= 15 is 0 Å². The predicted octanol–water partition coefficient (Wildman–Crippen LogP) is 2.10. The second-order valence-electron chi connectivity index (χ2n) is 6.76. The van der Waals surface area contributed by atoms with Gasteiger partial charge in [0.05, 0.1) is 12.1 Å². The summed E-state index contributed by atoms with van der Waals surface area (Å²) in [5.41, 5.74) is 6.36. The second kappa shape index (κ2) is 9.00. The lowest BCUT2D eigenvalue weighted by Gasteiger charge is -2.09. The molecule has 1 aromatic heterocycles. The van der Waals surface area contributed by atoms with E-state index in [9.17, 15) is 14.4 Å². The number of carbonyl (C=O) groups is 2. The molecule has 3 aromatic rings. The number of pyridine rings is 1. The van der Waals surface area contributed by atoms with E-state index in [0.29, 0.717) is 18.0 Å². The number of amides is 2. The van der Waals surface area contributed by atoms with Crippen molar-refractivity contribution in [3.05, 3.63) is 100.0 Å². The highest BCUT2D eigenvalue weighted by molar-refractivity contribution is 5.97. The van der Waals surface area contributed by atoms with Crippen molar-refractivity contribution in [1.29, 1.82) is 0 Å². The molecule has 1 aliphatic rings. The lowest BCUT2D eigenvalue weighted by molar-refractivity contribution is -0.117. The van der Waals surface area contributed by atoms with E-state index < -0.39 is 11.8 Å². The molecule has 0 radical (unpaired) electrons. The minimum atomic E-state index is -0.536. The first-order valence-corrected chi connectivity index (χ1v) is 9.51. The van der Waals surface area contributed by atoms with E-state index in [0.717, 1.165) is 11.1 Å². The third kappa shape index (κ3) is 4.99. The monoisotopic (exact) mass is 417 g/mol. The number of benzene rings is 2. The summed E-state index contributed by atoms with van der Waals surface area (Å²) in [5.74, 6) is 0.221. The number of nitrogens with one attached hydrogen (secondary N) is 2. The lowest BCUT2D eigenvalue weighted by atomic mass is 10.2. The number of hydrogen-bond acceptors (Lipinski definition) is 5. The Labute approximate surface area is 177 Å². The Morgan fingerprint density at radius 2 is 1.77 bits per heavy atom. The number of aromatic nitrogens is 1. The van der Waals surface area contributed by atoms with E-state index in [-0.39, 0.29) is 17.9 Å². The summed E-state index contributed by atoms with van der Waals surface area (Å²) >= 11 is 0. The Hall–Kier alpha value is -4.33. The zero-order chi connectivity index (χ0) is 21.6. The van der Waals surface area contributed by atoms with Crippen LogP contribution >= 0.6 is 0 Å². The van der Waals surface area contributed by atoms with Crippen LogP contribution in [0.5, 0.6) is 11.5 Å². The van der Waals surface area contributed by atoms with Gasteiger partial charge in [0, 0.05) is 18.3 Å². The molecule has 8 heteroatoms. The molecule has 0 atom stereocenters. The number of nitrogens with zero attached hydrogens (tertiary/aromatic N) is 1. The smallest absolute Gasteiger partial charge is 0.271 e. The molecule has 4 rings (SSSR count). The number of hydrogen-bond donors (Lipinski definition) is 2. The van der Waals surface area contributed by atoms with Crippen LogP contribution in [-0.2, 0) is 11.3 Å². The minimum absolute atomic E-state index is 0.174. The molecule has 0 bridgehead atoms. The number of carbonyl (C=O) groups excluding carboxylic acids is 2. The fourth-order valence-electron chi connectivity index (χ4n) is 2.99. The largest absolute Gasteiger partial charge is 0.454 e. The summed E-state index contributed by atoms with van der Waals surface area (Å²) in [4.78, 5) is 36.5. The third-order valence-corrected chi connectivity index (χ3v) is 4.56. The van der Waals surface area contributed by atoms with Crippen LogP contribution in [-0.4, -0.2) is 23.2 Å². The molecule has 31 heavy (non-hydrogen) atoms. The standard InChI is InChI=1S/C23H19N3O5/c27-21(10-7-16-6-9-19-20(12-16)31-15-30-19)24-25-23(29)18-8-11-22(28)26(14-18)13-17-4-2-1-3-5-17/h1-12,14H,13,15H2,(H,24,27)(H,25,29)/b10-7-. The molecule has 0 saturated carbocycles. The summed E-state index contributed by atoms with van der Waals surface area (Å²) < 4.78 is 12.0. The van der Waals surface area contributed by atoms with Crippen LogP contribution in [0.4, 0.5) is 0 Å². The predicted molar refractivity (Wildman–Crippen MR) is 113 cm³/mol. The number of ether oxygens (including phenoxy) is 2. The van der Waals surface area contributed by atoms with Gasteiger partial charge in [0.1, 0.15) is 0 Å². The quantitative estimate of drug-likeness (QED) is 0.489. The van der Waals surface area contributed by atoms with Crippen LogP contribution in [0.15, 0.2) is 77.7 Å². The van der Waals surface area contributed by atoms with Gasteiger partial charge in [-0.15, -0.1) is 0 Å². The van der Waals surface area contributed by atoms with E-state index in [1.807, 2.05) is 30.3 Å². The van der Waals surface area contributed by atoms with Crippen molar-refractivity contribution in [3.8, 4) is 11.5 Å². The molecule has 2 amide bonds. The van der Waals surface area contributed by atoms with Crippen molar-refractivity contribution >= 4 is 17.9 Å². The number of rotatable bonds is 5. The Bertz CT molecular complexity index is 1200. The SMILES string of the molecule is O=C(/C=C\c1ccc2c(c1)OCO2)NNC(=O)c1ccc(=O)n(Cc2ccccc2)c1. The minimum Gasteiger partial charge on any atom is -0.454 e. The van der Waals surface area contributed by atoms with Gasteiger partial charge in [-0.25, -0.2) is 0 Å². The van der Waals surface area contributed by atoms with Crippen LogP contribution in [0.2, 0.25) is 0 Å². The Morgan fingerprint density at radius 1 is 0.968 bits per heavy atom. The van der Waals surface area contributed by atoms with Gasteiger partial charge in [0.15, 0.2) is 11.5 Å². The van der Waals surface area contributed by atoms with E-state index in [4.69, 9.17) is 9.47 Å². The topological polar surface area (TPSA) is 98.7 Å². The van der Waals surface area contributed by atoms with Gasteiger partial charge >= 0.3 is 0 Å². The van der Waals surface area contributed by atoms with Gasteiger partial charge in [0.25, 0.3) is 17.4 Å². The van der Waals surface area contributed by atoms with Gasteiger partial charge in [-0.05, 0) is 35.4 Å². The summed E-state index contributed by atoms with van der Waals surface area (Å²) in [6, 6.07) is 17.5. The molecular formula is C23H19N3O5. The third-order valence-electron chi connectivity index (χ3n) is 4.56. The first kappa shape index (κ1) is 20.0. The van der Waals surface area contributed by atoms with E-state index in [1.54, 1.807) is 24.3 Å². The Kier molecular flexibility index (Phi) is 5.79. The molecule has 156 valence electrons. The van der Waals surface area contributed by atoms with Crippen molar-refractivity contribution in [2.45, 2.75) is 6.54 Å². The summed E-state index contributed by atoms with van der Waals surface area (Å²) in [6.07, 6.45) is 4.33. The fraction of sp³-hybridized carbons (Fsp3) is 0.0870. The highest BCUT2D eigenvalue weighted by atomic mass is 16.7. The molecule has 2 N–H and O–H groups in total. The normalized spacial score (nSPS) is 12.0. The molecule has 8 nitrogen and oxygen atoms in total. The van der Waals surface area contributed by atoms with E-state index in [2.05, 4.69) is 10.9 Å². The zero-order valence-corrected chi connectivity index (χ0v) is 16.4. The lowest BCUT2D eigenvalue weighted by Crippen LogP contribution is -2.41. The van der Waals surface area contributed by atoms with Gasteiger partial charge in [-0.2, -0.15) is 0 Å². The van der Waals surface area contributed by atoms with Gasteiger partial charge < -0.3 is 14.0 Å². The van der Waals surface area contributed by atoms with Gasteiger partial charge in [0.2, 0.25) is 6.79 Å². The van der Waals surface area contributed by atoms with Gasteiger partial charge in [-0.1, -0.05) is 36.4 Å². The highest BCUT2D eigenvalue weighted by Crippen LogP contribution is 2.32. The first-order valence-electron chi connectivity index (χ1n) is 9.51. The molecule has 0 unspecified atom stereocenters. The maximum atomic E-state index is 12.4. The van der Waals surface area contributed by atoms with E-state index in [1.165, 1.54) is 29.0 Å². The Balaban J connectivity index is 1.35. The molecule has 0 spiro atoms. The molecule has 0 aliphatic carbocycles. The van der Waals surface area contributed by atoms with Crippen LogP contribution in [0.3, 0.4) is 0 Å². The van der Waals surface area contributed by atoms with Crippen molar-refractivity contribution in [2.24, 2.45) is 0 Å². The Morgan fingerprint density at radius 3 is 2.61 bits per heavy atom. The molecule has 2 heterocycles. The summed E-state index contributed by atoms with van der Waals surface area (Å²) in [6.45, 7) is 0.513. The maximum Gasteiger partial charge on any atom is 0.271 e. The summed E-state index contributed by atoms with van der Waals surface area (Å²) in [7, 11) is 0. The van der Waals surface area contributed by atoms with Crippen LogP contribution < -0.4 is 25.9 Å². The van der Waals surface area contributed by atoms with Gasteiger partial charge in [-0.3, -0.25) is 25.2 Å². The molecular weight excluding hydrogens is 398 g/mol.